The number of rotatable bonds is 6. The van der Waals surface area contributed by atoms with Gasteiger partial charge in [0.1, 0.15) is 11.5 Å². The summed E-state index contributed by atoms with van der Waals surface area (Å²) in [6, 6.07) is 20.5. The Morgan fingerprint density at radius 3 is 2.38 bits per heavy atom. The molecular weight excluding hydrogens is 364 g/mol. The molecule has 0 fully saturated rings. The number of benzene rings is 2. The first-order valence-electron chi connectivity index (χ1n) is 9.22. The van der Waals surface area contributed by atoms with Crippen LogP contribution >= 0.6 is 0 Å². The standard InChI is InChI=1S/C23H20N4O2/c1-27-16-19(15-26-27)22-12-7-17(13-24-22)14-25-23(28)18-8-10-21(11-9-18)29-20-5-3-2-4-6-20/h2-13,15-16H,14H2,1H3,(H,25,28). The van der Waals surface area contributed by atoms with E-state index in [2.05, 4.69) is 15.4 Å². The Morgan fingerprint density at radius 2 is 1.72 bits per heavy atom. The molecule has 0 aliphatic heterocycles. The zero-order chi connectivity index (χ0) is 20.1. The summed E-state index contributed by atoms with van der Waals surface area (Å²) < 4.78 is 7.48. The van der Waals surface area contributed by atoms with Crippen LogP contribution in [-0.2, 0) is 13.6 Å². The van der Waals surface area contributed by atoms with Crippen LogP contribution in [0.5, 0.6) is 11.5 Å². The van der Waals surface area contributed by atoms with Crippen LogP contribution in [0.3, 0.4) is 0 Å². The van der Waals surface area contributed by atoms with Gasteiger partial charge in [-0.1, -0.05) is 24.3 Å². The summed E-state index contributed by atoms with van der Waals surface area (Å²) in [6.45, 7) is 0.404. The van der Waals surface area contributed by atoms with Crippen molar-refractivity contribution in [1.82, 2.24) is 20.1 Å². The van der Waals surface area contributed by atoms with Gasteiger partial charge in [0.2, 0.25) is 0 Å². The number of hydrogen-bond acceptors (Lipinski definition) is 4. The first-order chi connectivity index (χ1) is 14.2. The third-order valence-electron chi connectivity index (χ3n) is 4.37. The van der Waals surface area contributed by atoms with Gasteiger partial charge < -0.3 is 10.1 Å². The molecule has 0 bridgehead atoms. The van der Waals surface area contributed by atoms with Crippen molar-refractivity contribution >= 4 is 5.91 Å². The second-order valence-corrected chi connectivity index (χ2v) is 6.58. The van der Waals surface area contributed by atoms with Crippen molar-refractivity contribution < 1.29 is 9.53 Å². The van der Waals surface area contributed by atoms with Crippen molar-refractivity contribution in [1.29, 1.82) is 0 Å². The van der Waals surface area contributed by atoms with Crippen LogP contribution in [-0.4, -0.2) is 20.7 Å². The number of hydrogen-bond donors (Lipinski definition) is 1. The maximum atomic E-state index is 12.4. The van der Waals surface area contributed by atoms with Gasteiger partial charge in [-0.2, -0.15) is 5.10 Å². The maximum absolute atomic E-state index is 12.4. The summed E-state index contributed by atoms with van der Waals surface area (Å²) >= 11 is 0. The number of pyridine rings is 1. The van der Waals surface area contributed by atoms with Gasteiger partial charge in [-0.25, -0.2) is 0 Å². The number of nitrogens with zero attached hydrogens (tertiary/aromatic N) is 3. The molecule has 0 saturated carbocycles. The molecule has 6 heteroatoms. The van der Waals surface area contributed by atoms with Crippen LogP contribution in [0.1, 0.15) is 15.9 Å². The predicted molar refractivity (Wildman–Crippen MR) is 111 cm³/mol. The van der Waals surface area contributed by atoms with Crippen LogP contribution in [0.25, 0.3) is 11.3 Å². The number of aryl methyl sites for hydroxylation is 1. The first kappa shape index (κ1) is 18.4. The van der Waals surface area contributed by atoms with Gasteiger partial charge in [-0.05, 0) is 48.0 Å². The zero-order valence-electron chi connectivity index (χ0n) is 15.9. The van der Waals surface area contributed by atoms with Crippen molar-refractivity contribution in [3.8, 4) is 22.8 Å². The summed E-state index contributed by atoms with van der Waals surface area (Å²) in [4.78, 5) is 16.8. The van der Waals surface area contributed by atoms with Crippen LogP contribution in [0, 0.1) is 0 Å². The SMILES string of the molecule is Cn1cc(-c2ccc(CNC(=O)c3ccc(Oc4ccccc4)cc3)cn2)cn1. The van der Waals surface area contributed by atoms with Crippen molar-refractivity contribution in [2.24, 2.45) is 7.05 Å². The van der Waals surface area contributed by atoms with Crippen LogP contribution in [0.2, 0.25) is 0 Å². The van der Waals surface area contributed by atoms with E-state index in [1.807, 2.05) is 55.7 Å². The van der Waals surface area contributed by atoms with E-state index in [1.165, 1.54) is 0 Å². The Kier molecular flexibility index (Phi) is 5.33. The van der Waals surface area contributed by atoms with E-state index in [-0.39, 0.29) is 5.91 Å². The lowest BCUT2D eigenvalue weighted by Gasteiger charge is -2.08. The predicted octanol–water partition coefficient (Wildman–Crippen LogP) is 4.20. The smallest absolute Gasteiger partial charge is 0.251 e. The van der Waals surface area contributed by atoms with Gasteiger partial charge in [0, 0.05) is 37.1 Å². The highest BCUT2D eigenvalue weighted by atomic mass is 16.5. The summed E-state index contributed by atoms with van der Waals surface area (Å²) in [5, 5.41) is 7.06. The Bertz CT molecular complexity index is 1090. The van der Waals surface area contributed by atoms with Crippen LogP contribution < -0.4 is 10.1 Å². The quantitative estimate of drug-likeness (QED) is 0.541. The third-order valence-corrected chi connectivity index (χ3v) is 4.37. The highest BCUT2D eigenvalue weighted by Crippen LogP contribution is 2.21. The van der Waals surface area contributed by atoms with Gasteiger partial charge in [-0.15, -0.1) is 0 Å². The van der Waals surface area contributed by atoms with E-state index in [9.17, 15) is 4.79 Å². The Labute approximate surface area is 168 Å². The van der Waals surface area contributed by atoms with E-state index in [4.69, 9.17) is 4.74 Å². The van der Waals surface area contributed by atoms with Gasteiger partial charge in [0.15, 0.2) is 0 Å². The molecule has 2 aromatic heterocycles. The second-order valence-electron chi connectivity index (χ2n) is 6.58. The highest BCUT2D eigenvalue weighted by Gasteiger charge is 2.07. The molecule has 144 valence electrons. The molecule has 4 rings (SSSR count). The molecule has 0 unspecified atom stereocenters. The molecule has 6 nitrogen and oxygen atoms in total. The largest absolute Gasteiger partial charge is 0.457 e. The molecule has 0 aliphatic rings. The van der Waals surface area contributed by atoms with Crippen LogP contribution in [0.4, 0.5) is 0 Å². The number of ether oxygens (including phenoxy) is 1. The van der Waals surface area contributed by atoms with E-state index >= 15 is 0 Å². The minimum atomic E-state index is -0.146. The first-order valence-corrected chi connectivity index (χ1v) is 9.22. The van der Waals surface area contributed by atoms with Crippen LogP contribution in [0.15, 0.2) is 85.3 Å². The molecule has 0 spiro atoms. The topological polar surface area (TPSA) is 69.0 Å². The van der Waals surface area contributed by atoms with E-state index < -0.39 is 0 Å². The molecule has 0 atom stereocenters. The summed E-state index contributed by atoms with van der Waals surface area (Å²) in [6.07, 6.45) is 5.45. The summed E-state index contributed by atoms with van der Waals surface area (Å²) in [7, 11) is 1.87. The van der Waals surface area contributed by atoms with Gasteiger partial charge in [-0.3, -0.25) is 14.5 Å². The fourth-order valence-corrected chi connectivity index (χ4v) is 2.84. The Balaban J connectivity index is 1.33. The Morgan fingerprint density at radius 1 is 0.966 bits per heavy atom. The monoisotopic (exact) mass is 384 g/mol. The molecule has 29 heavy (non-hydrogen) atoms. The lowest BCUT2D eigenvalue weighted by molar-refractivity contribution is 0.0951. The van der Waals surface area contributed by atoms with Gasteiger partial charge >= 0.3 is 0 Å². The van der Waals surface area contributed by atoms with Gasteiger partial charge in [0.25, 0.3) is 5.91 Å². The lowest BCUT2D eigenvalue weighted by atomic mass is 10.2. The molecule has 0 aliphatic carbocycles. The minimum absolute atomic E-state index is 0.146. The zero-order valence-corrected chi connectivity index (χ0v) is 15.9. The number of carbonyl (C=O) groups is 1. The fraction of sp³-hybridized carbons (Fsp3) is 0.0870. The molecule has 1 N–H and O–H groups in total. The number of carbonyl (C=O) groups excluding carboxylic acids is 1. The molecule has 0 radical (unpaired) electrons. The number of para-hydroxylation sites is 1. The molecule has 2 heterocycles. The maximum Gasteiger partial charge on any atom is 0.251 e. The average molecular weight is 384 g/mol. The highest BCUT2D eigenvalue weighted by molar-refractivity contribution is 5.94. The summed E-state index contributed by atoms with van der Waals surface area (Å²) in [5.74, 6) is 1.29. The lowest BCUT2D eigenvalue weighted by Crippen LogP contribution is -2.22. The molecule has 2 aromatic carbocycles. The number of nitrogens with one attached hydrogen (secondary N) is 1. The van der Waals surface area contributed by atoms with Crippen molar-refractivity contribution in [3.05, 3.63) is 96.4 Å². The summed E-state index contributed by atoms with van der Waals surface area (Å²) in [5.41, 5.74) is 3.31. The van der Waals surface area contributed by atoms with E-state index in [0.717, 1.165) is 22.6 Å². The van der Waals surface area contributed by atoms with Gasteiger partial charge in [0.05, 0.1) is 11.9 Å². The molecular formula is C23H20N4O2. The normalized spacial score (nSPS) is 10.5. The molecule has 4 aromatic rings. The van der Waals surface area contributed by atoms with Crippen molar-refractivity contribution in [2.45, 2.75) is 6.54 Å². The van der Waals surface area contributed by atoms with Crippen molar-refractivity contribution in [2.75, 3.05) is 0 Å². The van der Waals surface area contributed by atoms with E-state index in [0.29, 0.717) is 17.9 Å². The third kappa shape index (κ3) is 4.68. The second kappa shape index (κ2) is 8.39. The average Bonchev–Trinajstić information content (AvgIpc) is 3.20. The molecule has 1 amide bonds. The number of aromatic nitrogens is 3. The fourth-order valence-electron chi connectivity index (χ4n) is 2.84. The minimum Gasteiger partial charge on any atom is -0.457 e. The molecule has 0 saturated heterocycles. The van der Waals surface area contributed by atoms with Crippen molar-refractivity contribution in [3.63, 3.8) is 0 Å². The number of amides is 1. The Hall–Kier alpha value is -3.93. The van der Waals surface area contributed by atoms with E-state index in [1.54, 1.807) is 41.3 Å².